The molecule has 1 aliphatic rings. The molecule has 0 aromatic heterocycles. The van der Waals surface area contributed by atoms with Crippen molar-refractivity contribution in [3.05, 3.63) is 35.9 Å². The number of nitrogens with zero attached hydrogens (tertiary/aromatic N) is 1. The molecule has 1 heterocycles. The Balaban J connectivity index is 2.07. The molecule has 0 unspecified atom stereocenters. The standard InChI is InChI=1S/C23H31N3O7/c1-14(2)20(25-18(27)10-11-19(28)29)22(31)26-12-6-9-17(26)21(30)24-16(23(32)33)13-15-7-4-3-5-8-15/h3-5,7-8,14,16-17,20H,6,9-13H2,1-2H3,(H,24,30)(H,25,27)(H,28,29)(H,32,33)/t16-,17-,20-/m0/s1. The number of carboxylic acids is 2. The Morgan fingerprint density at radius 1 is 1.03 bits per heavy atom. The van der Waals surface area contributed by atoms with Crippen LogP contribution in [0.2, 0.25) is 0 Å². The van der Waals surface area contributed by atoms with E-state index in [0.29, 0.717) is 19.4 Å². The molecule has 0 spiro atoms. The Morgan fingerprint density at radius 3 is 2.27 bits per heavy atom. The maximum absolute atomic E-state index is 13.2. The fourth-order valence-corrected chi connectivity index (χ4v) is 3.78. The van der Waals surface area contributed by atoms with Crippen molar-refractivity contribution in [3.8, 4) is 0 Å². The minimum atomic E-state index is -1.17. The summed E-state index contributed by atoms with van der Waals surface area (Å²) in [6, 6.07) is 6.02. The lowest BCUT2D eigenvalue weighted by Crippen LogP contribution is -2.56. The first-order valence-corrected chi connectivity index (χ1v) is 11.0. The summed E-state index contributed by atoms with van der Waals surface area (Å²) in [4.78, 5) is 62.0. The topological polar surface area (TPSA) is 153 Å². The van der Waals surface area contributed by atoms with Crippen LogP contribution in [0.4, 0.5) is 0 Å². The summed E-state index contributed by atoms with van der Waals surface area (Å²) in [6.45, 7) is 3.79. The number of rotatable bonds is 11. The third kappa shape index (κ3) is 7.58. The molecule has 0 radical (unpaired) electrons. The molecule has 10 nitrogen and oxygen atoms in total. The zero-order valence-corrected chi connectivity index (χ0v) is 18.8. The van der Waals surface area contributed by atoms with E-state index in [4.69, 9.17) is 5.11 Å². The lowest BCUT2D eigenvalue weighted by Gasteiger charge is -2.31. The van der Waals surface area contributed by atoms with E-state index in [1.165, 1.54) is 4.90 Å². The van der Waals surface area contributed by atoms with Crippen LogP contribution in [0.15, 0.2) is 30.3 Å². The van der Waals surface area contributed by atoms with Gasteiger partial charge in [0.2, 0.25) is 17.7 Å². The first-order chi connectivity index (χ1) is 15.6. The minimum absolute atomic E-state index is 0.108. The van der Waals surface area contributed by atoms with Gasteiger partial charge in [0.25, 0.3) is 0 Å². The average Bonchev–Trinajstić information content (AvgIpc) is 3.25. The number of amides is 3. The highest BCUT2D eigenvalue weighted by Gasteiger charge is 2.39. The van der Waals surface area contributed by atoms with Gasteiger partial charge in [0.05, 0.1) is 6.42 Å². The molecule has 1 aliphatic heterocycles. The number of likely N-dealkylation sites (tertiary alicyclic amines) is 1. The van der Waals surface area contributed by atoms with Crippen LogP contribution in [0.1, 0.15) is 45.1 Å². The number of hydrogen-bond donors (Lipinski definition) is 4. The minimum Gasteiger partial charge on any atom is -0.481 e. The van der Waals surface area contributed by atoms with Gasteiger partial charge in [-0.1, -0.05) is 44.2 Å². The molecular weight excluding hydrogens is 430 g/mol. The van der Waals surface area contributed by atoms with Crippen molar-refractivity contribution in [1.29, 1.82) is 0 Å². The first kappa shape index (κ1) is 25.8. The first-order valence-electron chi connectivity index (χ1n) is 11.0. The Bertz CT molecular complexity index is 872. The number of nitrogens with one attached hydrogen (secondary N) is 2. The molecule has 0 saturated carbocycles. The fraction of sp³-hybridized carbons (Fsp3) is 0.522. The SMILES string of the molecule is CC(C)[C@H](NC(=O)CCC(=O)O)C(=O)N1CCC[C@H]1C(=O)N[C@@H](Cc1ccccc1)C(=O)O. The molecule has 1 aromatic carbocycles. The quantitative estimate of drug-likeness (QED) is 0.380. The van der Waals surface area contributed by atoms with Crippen LogP contribution in [-0.2, 0) is 30.4 Å². The maximum Gasteiger partial charge on any atom is 0.326 e. The highest BCUT2D eigenvalue weighted by molar-refractivity contribution is 5.94. The number of carbonyl (C=O) groups excluding carboxylic acids is 3. The molecule has 1 aromatic rings. The number of benzene rings is 1. The molecule has 3 amide bonds. The Kier molecular flexibility index (Phi) is 9.38. The number of carbonyl (C=O) groups is 5. The number of hydrogen-bond acceptors (Lipinski definition) is 5. The average molecular weight is 462 g/mol. The van der Waals surface area contributed by atoms with Crippen molar-refractivity contribution in [2.75, 3.05) is 6.54 Å². The van der Waals surface area contributed by atoms with Crippen molar-refractivity contribution >= 4 is 29.7 Å². The van der Waals surface area contributed by atoms with Crippen LogP contribution in [-0.4, -0.2) is 69.4 Å². The molecule has 10 heteroatoms. The third-order valence-electron chi connectivity index (χ3n) is 5.55. The van der Waals surface area contributed by atoms with E-state index in [2.05, 4.69) is 10.6 Å². The van der Waals surface area contributed by atoms with Gasteiger partial charge in [0.1, 0.15) is 18.1 Å². The smallest absolute Gasteiger partial charge is 0.326 e. The van der Waals surface area contributed by atoms with E-state index in [9.17, 15) is 29.1 Å². The molecule has 3 atom stereocenters. The van der Waals surface area contributed by atoms with Gasteiger partial charge in [0, 0.05) is 19.4 Å². The van der Waals surface area contributed by atoms with Crippen LogP contribution >= 0.6 is 0 Å². The number of carboxylic acid groups (broad SMARTS) is 2. The van der Waals surface area contributed by atoms with Crippen molar-refractivity contribution in [3.63, 3.8) is 0 Å². The predicted molar refractivity (Wildman–Crippen MR) is 118 cm³/mol. The summed E-state index contributed by atoms with van der Waals surface area (Å²) in [6.07, 6.45) is 0.453. The summed E-state index contributed by atoms with van der Waals surface area (Å²) in [5, 5.41) is 23.4. The molecule has 1 saturated heterocycles. The Labute approximate surface area is 192 Å². The highest BCUT2D eigenvalue weighted by atomic mass is 16.4. The van der Waals surface area contributed by atoms with E-state index < -0.39 is 47.8 Å². The van der Waals surface area contributed by atoms with Crippen molar-refractivity contribution < 1.29 is 34.2 Å². The molecule has 1 fully saturated rings. The number of aliphatic carboxylic acids is 2. The van der Waals surface area contributed by atoms with Gasteiger partial charge in [-0.05, 0) is 24.3 Å². The predicted octanol–water partition coefficient (Wildman–Crippen LogP) is 0.795. The second kappa shape index (κ2) is 12.0. The largest absolute Gasteiger partial charge is 0.481 e. The lowest BCUT2D eigenvalue weighted by molar-refractivity contribution is -0.145. The van der Waals surface area contributed by atoms with Gasteiger partial charge in [-0.2, -0.15) is 0 Å². The Morgan fingerprint density at radius 2 is 1.70 bits per heavy atom. The molecule has 0 bridgehead atoms. The molecule has 33 heavy (non-hydrogen) atoms. The van der Waals surface area contributed by atoms with Gasteiger partial charge in [-0.3, -0.25) is 19.2 Å². The van der Waals surface area contributed by atoms with E-state index in [1.54, 1.807) is 38.1 Å². The third-order valence-corrected chi connectivity index (χ3v) is 5.55. The molecule has 2 rings (SSSR count). The van der Waals surface area contributed by atoms with E-state index in [0.717, 1.165) is 5.56 Å². The second-order valence-corrected chi connectivity index (χ2v) is 8.46. The van der Waals surface area contributed by atoms with Gasteiger partial charge in [0.15, 0.2) is 0 Å². The second-order valence-electron chi connectivity index (χ2n) is 8.46. The van der Waals surface area contributed by atoms with E-state index in [1.807, 2.05) is 6.07 Å². The van der Waals surface area contributed by atoms with Gasteiger partial charge in [-0.25, -0.2) is 4.79 Å². The van der Waals surface area contributed by atoms with Gasteiger partial charge in [-0.15, -0.1) is 0 Å². The summed E-state index contributed by atoms with van der Waals surface area (Å²) in [5.74, 6) is -4.13. The highest BCUT2D eigenvalue weighted by Crippen LogP contribution is 2.21. The van der Waals surface area contributed by atoms with Crippen molar-refractivity contribution in [2.24, 2.45) is 5.92 Å². The Hall–Kier alpha value is -3.43. The summed E-state index contributed by atoms with van der Waals surface area (Å²) >= 11 is 0. The molecule has 0 aliphatic carbocycles. The fourth-order valence-electron chi connectivity index (χ4n) is 3.78. The van der Waals surface area contributed by atoms with Crippen LogP contribution < -0.4 is 10.6 Å². The van der Waals surface area contributed by atoms with Gasteiger partial charge >= 0.3 is 11.9 Å². The van der Waals surface area contributed by atoms with E-state index in [-0.39, 0.29) is 25.2 Å². The summed E-state index contributed by atoms with van der Waals surface area (Å²) in [5.41, 5.74) is 0.758. The van der Waals surface area contributed by atoms with Crippen LogP contribution in [0.3, 0.4) is 0 Å². The zero-order valence-electron chi connectivity index (χ0n) is 18.8. The van der Waals surface area contributed by atoms with Crippen molar-refractivity contribution in [1.82, 2.24) is 15.5 Å². The van der Waals surface area contributed by atoms with Crippen LogP contribution in [0, 0.1) is 5.92 Å². The van der Waals surface area contributed by atoms with E-state index >= 15 is 0 Å². The molecular formula is C23H31N3O7. The summed E-state index contributed by atoms with van der Waals surface area (Å²) < 4.78 is 0. The van der Waals surface area contributed by atoms with Crippen LogP contribution in [0.5, 0.6) is 0 Å². The van der Waals surface area contributed by atoms with Crippen molar-refractivity contribution in [2.45, 2.75) is 64.1 Å². The zero-order chi connectivity index (χ0) is 24.5. The normalized spacial score (nSPS) is 17.3. The maximum atomic E-state index is 13.2. The molecule has 4 N–H and O–H groups in total. The lowest BCUT2D eigenvalue weighted by atomic mass is 10.0. The summed E-state index contributed by atoms with van der Waals surface area (Å²) in [7, 11) is 0. The van der Waals surface area contributed by atoms with Gasteiger partial charge < -0.3 is 25.7 Å². The molecule has 180 valence electrons. The monoisotopic (exact) mass is 461 g/mol. The van der Waals surface area contributed by atoms with Crippen LogP contribution in [0.25, 0.3) is 0 Å².